The predicted molar refractivity (Wildman–Crippen MR) is 103 cm³/mol. The molecule has 2 aromatic rings. The van der Waals surface area contributed by atoms with E-state index < -0.39 is 0 Å². The minimum absolute atomic E-state index is 0.156. The van der Waals surface area contributed by atoms with E-state index in [4.69, 9.17) is 16.3 Å². The highest BCUT2D eigenvalue weighted by atomic mass is 35.5. The van der Waals surface area contributed by atoms with Crippen LogP contribution in [0.4, 0.5) is 10.5 Å². The highest BCUT2D eigenvalue weighted by Gasteiger charge is 2.33. The van der Waals surface area contributed by atoms with Gasteiger partial charge in [-0.2, -0.15) is 0 Å². The van der Waals surface area contributed by atoms with Crippen molar-refractivity contribution in [1.29, 1.82) is 0 Å². The molecular weight excluding hydrogens is 390 g/mol. The molecular formula is C17H20ClN5O3S. The number of likely N-dealkylation sites (tertiary alicyclic amines) is 1. The minimum Gasteiger partial charge on any atom is -0.383 e. The highest BCUT2D eigenvalue weighted by molar-refractivity contribution is 7.13. The normalized spacial score (nSPS) is 16.4. The summed E-state index contributed by atoms with van der Waals surface area (Å²) in [6.45, 7) is 1.55. The number of hydrogen-bond donors (Lipinski definition) is 2. The van der Waals surface area contributed by atoms with E-state index in [2.05, 4.69) is 20.8 Å². The van der Waals surface area contributed by atoms with Gasteiger partial charge in [0.15, 0.2) is 0 Å². The fraction of sp³-hybridized carbons (Fsp3) is 0.412. The molecule has 0 unspecified atom stereocenters. The Balaban J connectivity index is 1.64. The topological polar surface area (TPSA) is 96.4 Å². The first-order valence-electron chi connectivity index (χ1n) is 8.52. The predicted octanol–water partition coefficient (Wildman–Crippen LogP) is 2.94. The van der Waals surface area contributed by atoms with E-state index in [-0.39, 0.29) is 23.0 Å². The SMILES string of the molecule is COCCNC(=O)N1CCC[C@@H]1c1nnc(C(=O)Nc2ccc(Cl)cc2)s1. The van der Waals surface area contributed by atoms with E-state index >= 15 is 0 Å². The molecule has 1 atom stereocenters. The lowest BCUT2D eigenvalue weighted by molar-refractivity contribution is 0.102. The van der Waals surface area contributed by atoms with Gasteiger partial charge in [-0.3, -0.25) is 4.79 Å². The summed E-state index contributed by atoms with van der Waals surface area (Å²) in [6, 6.07) is 6.50. The highest BCUT2D eigenvalue weighted by Crippen LogP contribution is 2.33. The third kappa shape index (κ3) is 4.94. The molecule has 1 saturated heterocycles. The summed E-state index contributed by atoms with van der Waals surface area (Å²) in [5.41, 5.74) is 0.626. The number of hydrogen-bond acceptors (Lipinski definition) is 6. The molecule has 1 aliphatic heterocycles. The van der Waals surface area contributed by atoms with Crippen LogP contribution in [0.15, 0.2) is 24.3 Å². The molecule has 3 amide bonds. The Morgan fingerprint density at radius 2 is 2.11 bits per heavy atom. The van der Waals surface area contributed by atoms with Crippen LogP contribution in [0.3, 0.4) is 0 Å². The molecule has 1 aliphatic rings. The van der Waals surface area contributed by atoms with Crippen molar-refractivity contribution in [1.82, 2.24) is 20.4 Å². The number of nitrogens with one attached hydrogen (secondary N) is 2. The van der Waals surface area contributed by atoms with E-state index in [1.165, 1.54) is 11.3 Å². The lowest BCUT2D eigenvalue weighted by atomic mass is 10.2. The second-order valence-electron chi connectivity index (χ2n) is 5.98. The van der Waals surface area contributed by atoms with Crippen LogP contribution in [0.25, 0.3) is 0 Å². The maximum atomic E-state index is 12.4. The minimum atomic E-state index is -0.338. The first-order chi connectivity index (χ1) is 13.1. The second-order valence-corrected chi connectivity index (χ2v) is 7.43. The maximum absolute atomic E-state index is 12.4. The van der Waals surface area contributed by atoms with Crippen LogP contribution in [0, 0.1) is 0 Å². The number of urea groups is 1. The molecule has 8 nitrogen and oxygen atoms in total. The monoisotopic (exact) mass is 409 g/mol. The first kappa shape index (κ1) is 19.5. The number of aromatic nitrogens is 2. The Morgan fingerprint density at radius 1 is 1.33 bits per heavy atom. The van der Waals surface area contributed by atoms with Crippen LogP contribution in [0.2, 0.25) is 5.02 Å². The van der Waals surface area contributed by atoms with Crippen molar-refractivity contribution in [2.45, 2.75) is 18.9 Å². The number of amides is 3. The molecule has 3 rings (SSSR count). The number of carbonyl (C=O) groups is 2. The molecule has 0 aliphatic carbocycles. The third-order valence-corrected chi connectivity index (χ3v) is 5.39. The van der Waals surface area contributed by atoms with Crippen molar-refractivity contribution in [2.75, 3.05) is 32.1 Å². The Kier molecular flexibility index (Phi) is 6.59. The molecule has 27 heavy (non-hydrogen) atoms. The van der Waals surface area contributed by atoms with E-state index in [9.17, 15) is 9.59 Å². The smallest absolute Gasteiger partial charge is 0.318 e. The van der Waals surface area contributed by atoms with E-state index in [1.807, 2.05) is 0 Å². The van der Waals surface area contributed by atoms with Gasteiger partial charge >= 0.3 is 6.03 Å². The summed E-state index contributed by atoms with van der Waals surface area (Å²) in [6.07, 6.45) is 1.68. The number of nitrogens with zero attached hydrogens (tertiary/aromatic N) is 3. The molecule has 2 N–H and O–H groups in total. The fourth-order valence-electron chi connectivity index (χ4n) is 2.81. The van der Waals surface area contributed by atoms with Gasteiger partial charge in [0, 0.05) is 30.9 Å². The van der Waals surface area contributed by atoms with Crippen LogP contribution in [-0.4, -0.2) is 53.8 Å². The Bertz CT molecular complexity index is 798. The number of methoxy groups -OCH3 is 1. The number of carbonyl (C=O) groups excluding carboxylic acids is 2. The van der Waals surface area contributed by atoms with Gasteiger partial charge in [-0.15, -0.1) is 10.2 Å². The zero-order chi connectivity index (χ0) is 19.2. The molecule has 0 radical (unpaired) electrons. The molecule has 1 fully saturated rings. The van der Waals surface area contributed by atoms with Crippen LogP contribution in [0.5, 0.6) is 0 Å². The second kappa shape index (κ2) is 9.12. The van der Waals surface area contributed by atoms with Crippen LogP contribution >= 0.6 is 22.9 Å². The standard InChI is InChI=1S/C17H20ClN5O3S/c1-26-10-8-19-17(25)23-9-2-3-13(23)15-21-22-16(27-15)14(24)20-12-6-4-11(18)5-7-12/h4-7,13H,2-3,8-10H2,1H3,(H,19,25)(H,20,24)/t13-/m1/s1. The van der Waals surface area contributed by atoms with Gasteiger partial charge in [0.1, 0.15) is 5.01 Å². The van der Waals surface area contributed by atoms with Gasteiger partial charge in [-0.1, -0.05) is 22.9 Å². The van der Waals surface area contributed by atoms with Gasteiger partial charge in [0.2, 0.25) is 5.01 Å². The number of anilines is 1. The molecule has 1 aromatic heterocycles. The van der Waals surface area contributed by atoms with E-state index in [1.54, 1.807) is 36.3 Å². The first-order valence-corrected chi connectivity index (χ1v) is 9.71. The molecule has 2 heterocycles. The Labute approximate surface area is 165 Å². The molecule has 0 saturated carbocycles. The summed E-state index contributed by atoms with van der Waals surface area (Å²) < 4.78 is 4.95. The zero-order valence-corrected chi connectivity index (χ0v) is 16.3. The molecule has 144 valence electrons. The Hall–Kier alpha value is -2.23. The molecule has 0 spiro atoms. The fourth-order valence-corrected chi connectivity index (χ4v) is 3.82. The van der Waals surface area contributed by atoms with E-state index in [0.29, 0.717) is 35.4 Å². The van der Waals surface area contributed by atoms with Crippen molar-refractivity contribution in [3.63, 3.8) is 0 Å². The summed E-state index contributed by atoms with van der Waals surface area (Å²) in [7, 11) is 1.59. The van der Waals surface area contributed by atoms with Gasteiger partial charge in [-0.05, 0) is 37.1 Å². The van der Waals surface area contributed by atoms with Gasteiger partial charge in [0.25, 0.3) is 5.91 Å². The number of ether oxygens (including phenoxy) is 1. The summed E-state index contributed by atoms with van der Waals surface area (Å²) >= 11 is 7.05. The van der Waals surface area contributed by atoms with Crippen molar-refractivity contribution in [3.05, 3.63) is 39.3 Å². The van der Waals surface area contributed by atoms with Crippen LogP contribution < -0.4 is 10.6 Å². The zero-order valence-electron chi connectivity index (χ0n) is 14.8. The third-order valence-electron chi connectivity index (χ3n) is 4.12. The van der Waals surface area contributed by atoms with Gasteiger partial charge < -0.3 is 20.3 Å². The van der Waals surface area contributed by atoms with E-state index in [0.717, 1.165) is 12.8 Å². The largest absolute Gasteiger partial charge is 0.383 e. The van der Waals surface area contributed by atoms with Crippen molar-refractivity contribution >= 4 is 40.6 Å². The average molecular weight is 410 g/mol. The lowest BCUT2D eigenvalue weighted by Crippen LogP contribution is -2.40. The molecule has 10 heteroatoms. The Morgan fingerprint density at radius 3 is 2.85 bits per heavy atom. The quantitative estimate of drug-likeness (QED) is 0.715. The number of rotatable bonds is 6. The van der Waals surface area contributed by atoms with Crippen LogP contribution in [-0.2, 0) is 4.74 Å². The van der Waals surface area contributed by atoms with Crippen LogP contribution in [0.1, 0.15) is 33.7 Å². The maximum Gasteiger partial charge on any atom is 0.318 e. The lowest BCUT2D eigenvalue weighted by Gasteiger charge is -2.22. The average Bonchev–Trinajstić information content (AvgIpc) is 3.33. The number of benzene rings is 1. The number of halogens is 1. The van der Waals surface area contributed by atoms with Crippen molar-refractivity contribution in [2.24, 2.45) is 0 Å². The summed E-state index contributed by atoms with van der Waals surface area (Å²) in [5.74, 6) is -0.338. The van der Waals surface area contributed by atoms with Gasteiger partial charge in [0.05, 0.1) is 12.6 Å². The van der Waals surface area contributed by atoms with Gasteiger partial charge in [-0.25, -0.2) is 4.79 Å². The van der Waals surface area contributed by atoms with Crippen molar-refractivity contribution < 1.29 is 14.3 Å². The summed E-state index contributed by atoms with van der Waals surface area (Å²) in [4.78, 5) is 26.4. The summed E-state index contributed by atoms with van der Waals surface area (Å²) in [5, 5.41) is 15.2. The molecule has 0 bridgehead atoms. The van der Waals surface area contributed by atoms with Crippen molar-refractivity contribution in [3.8, 4) is 0 Å². The molecule has 1 aromatic carbocycles.